The first-order chi connectivity index (χ1) is 14.2. The molecule has 0 radical (unpaired) electrons. The number of carbonyl (C=O) groups is 1. The Bertz CT molecular complexity index is 1090. The van der Waals surface area contributed by atoms with Crippen molar-refractivity contribution in [2.75, 3.05) is 5.32 Å². The standard InChI is InChI=1S/C21H20F3N3O3/c22-21(23,24)13-4-1-3-12(11-13)19(30)26-20-25-16-5-2-6-17(29)18(16)27(20)14-7-9-15(28)10-8-14/h1-6,11,14-15,28-29H,7-10H2,(H,25,26,30). The van der Waals surface area contributed by atoms with Gasteiger partial charge in [0.1, 0.15) is 11.3 Å². The number of aromatic nitrogens is 2. The number of hydrogen-bond donors (Lipinski definition) is 3. The van der Waals surface area contributed by atoms with Crippen molar-refractivity contribution in [3.8, 4) is 5.75 Å². The zero-order valence-corrected chi connectivity index (χ0v) is 15.9. The Morgan fingerprint density at radius 2 is 1.80 bits per heavy atom. The van der Waals surface area contributed by atoms with Gasteiger partial charge in [-0.3, -0.25) is 10.1 Å². The molecule has 1 fully saturated rings. The Hall–Kier alpha value is -3.07. The molecule has 1 aliphatic carbocycles. The van der Waals surface area contributed by atoms with Crippen LogP contribution in [0.15, 0.2) is 42.5 Å². The Morgan fingerprint density at radius 3 is 2.50 bits per heavy atom. The number of alkyl halides is 3. The fourth-order valence-electron chi connectivity index (χ4n) is 3.90. The Morgan fingerprint density at radius 1 is 1.10 bits per heavy atom. The number of para-hydroxylation sites is 1. The van der Waals surface area contributed by atoms with E-state index in [1.165, 1.54) is 18.2 Å². The van der Waals surface area contributed by atoms with E-state index in [4.69, 9.17) is 0 Å². The van der Waals surface area contributed by atoms with Crippen molar-refractivity contribution in [1.29, 1.82) is 0 Å². The molecule has 1 heterocycles. The van der Waals surface area contributed by atoms with E-state index in [1.807, 2.05) is 0 Å². The van der Waals surface area contributed by atoms with Gasteiger partial charge in [-0.15, -0.1) is 0 Å². The first kappa shape index (κ1) is 20.2. The van der Waals surface area contributed by atoms with Crippen molar-refractivity contribution in [2.45, 2.75) is 44.0 Å². The van der Waals surface area contributed by atoms with Crippen LogP contribution in [0.2, 0.25) is 0 Å². The molecule has 0 spiro atoms. The molecule has 0 unspecified atom stereocenters. The number of amides is 1. The number of anilines is 1. The van der Waals surface area contributed by atoms with E-state index >= 15 is 0 Å². The SMILES string of the molecule is O=C(Nc1nc2cccc(O)c2n1C1CCC(O)CC1)c1cccc(C(F)(F)F)c1. The van der Waals surface area contributed by atoms with Gasteiger partial charge in [-0.1, -0.05) is 12.1 Å². The van der Waals surface area contributed by atoms with Crippen LogP contribution in [0.1, 0.15) is 47.6 Å². The molecule has 1 aromatic heterocycles. The third-order valence-corrected chi connectivity index (χ3v) is 5.40. The molecule has 158 valence electrons. The molecular weight excluding hydrogens is 399 g/mol. The summed E-state index contributed by atoms with van der Waals surface area (Å²) in [7, 11) is 0. The van der Waals surface area contributed by atoms with Crippen molar-refractivity contribution < 1.29 is 28.2 Å². The van der Waals surface area contributed by atoms with E-state index in [1.54, 1.807) is 16.7 Å². The van der Waals surface area contributed by atoms with Gasteiger partial charge in [0.25, 0.3) is 5.91 Å². The minimum absolute atomic E-state index is 0.00862. The number of nitrogens with zero attached hydrogens (tertiary/aromatic N) is 2. The summed E-state index contributed by atoms with van der Waals surface area (Å²) in [6.07, 6.45) is -2.58. The third-order valence-electron chi connectivity index (χ3n) is 5.40. The number of rotatable bonds is 3. The largest absolute Gasteiger partial charge is 0.506 e. The number of imidazole rings is 1. The smallest absolute Gasteiger partial charge is 0.416 e. The van der Waals surface area contributed by atoms with E-state index in [2.05, 4.69) is 10.3 Å². The molecular formula is C21H20F3N3O3. The summed E-state index contributed by atoms with van der Waals surface area (Å²) in [4.78, 5) is 17.1. The van der Waals surface area contributed by atoms with Crippen LogP contribution in [0.4, 0.5) is 19.1 Å². The number of aliphatic hydroxyl groups is 1. The number of aromatic hydroxyl groups is 1. The van der Waals surface area contributed by atoms with Crippen LogP contribution in [-0.4, -0.2) is 31.8 Å². The van der Waals surface area contributed by atoms with E-state index in [0.29, 0.717) is 36.7 Å². The lowest BCUT2D eigenvalue weighted by atomic mass is 9.93. The van der Waals surface area contributed by atoms with Gasteiger partial charge in [0, 0.05) is 11.6 Å². The molecule has 2 aromatic carbocycles. The van der Waals surface area contributed by atoms with Gasteiger partial charge in [0.05, 0.1) is 17.2 Å². The summed E-state index contributed by atoms with van der Waals surface area (Å²) in [6, 6.07) is 8.86. The van der Waals surface area contributed by atoms with Crippen LogP contribution in [0.5, 0.6) is 5.75 Å². The maximum Gasteiger partial charge on any atom is 0.416 e. The average Bonchev–Trinajstić information content (AvgIpc) is 3.07. The Labute approximate surface area is 170 Å². The highest BCUT2D eigenvalue weighted by atomic mass is 19.4. The molecule has 9 heteroatoms. The topological polar surface area (TPSA) is 87.4 Å². The summed E-state index contributed by atoms with van der Waals surface area (Å²) < 4.78 is 40.7. The fraction of sp³-hybridized carbons (Fsp3) is 0.333. The Kier molecular flexibility index (Phi) is 5.15. The molecule has 0 atom stereocenters. The normalized spacial score (nSPS) is 19.7. The lowest BCUT2D eigenvalue weighted by molar-refractivity contribution is -0.137. The van der Waals surface area contributed by atoms with Crippen LogP contribution in [0.3, 0.4) is 0 Å². The monoisotopic (exact) mass is 419 g/mol. The maximum absolute atomic E-state index is 13.0. The van der Waals surface area contributed by atoms with Gasteiger partial charge in [0.2, 0.25) is 5.95 Å². The van der Waals surface area contributed by atoms with Gasteiger partial charge in [-0.2, -0.15) is 13.2 Å². The van der Waals surface area contributed by atoms with Crippen molar-refractivity contribution >= 4 is 22.9 Å². The van der Waals surface area contributed by atoms with E-state index < -0.39 is 23.8 Å². The summed E-state index contributed by atoms with van der Waals surface area (Å²) in [5.41, 5.74) is -0.159. The summed E-state index contributed by atoms with van der Waals surface area (Å²) >= 11 is 0. The summed E-state index contributed by atoms with van der Waals surface area (Å²) in [5.74, 6) is -0.589. The number of benzene rings is 2. The lowest BCUT2D eigenvalue weighted by Gasteiger charge is -2.28. The van der Waals surface area contributed by atoms with Crippen LogP contribution >= 0.6 is 0 Å². The van der Waals surface area contributed by atoms with Crippen LogP contribution < -0.4 is 5.32 Å². The number of hydrogen-bond acceptors (Lipinski definition) is 4. The predicted molar refractivity (Wildman–Crippen MR) is 104 cm³/mol. The molecule has 1 saturated carbocycles. The Balaban J connectivity index is 1.71. The highest BCUT2D eigenvalue weighted by Crippen LogP contribution is 2.37. The number of fused-ring (bicyclic) bond motifs is 1. The first-order valence-electron chi connectivity index (χ1n) is 9.60. The summed E-state index contributed by atoms with van der Waals surface area (Å²) in [6.45, 7) is 0. The van der Waals surface area contributed by atoms with Gasteiger partial charge in [-0.25, -0.2) is 4.98 Å². The molecule has 1 amide bonds. The third kappa shape index (κ3) is 3.85. The second kappa shape index (κ2) is 7.64. The quantitative estimate of drug-likeness (QED) is 0.584. The van der Waals surface area contributed by atoms with Crippen molar-refractivity contribution in [3.05, 3.63) is 53.6 Å². The van der Waals surface area contributed by atoms with Crippen molar-refractivity contribution in [3.63, 3.8) is 0 Å². The second-order valence-corrected chi connectivity index (χ2v) is 7.45. The number of phenolic OH excluding ortho intramolecular Hbond substituents is 1. The average molecular weight is 419 g/mol. The number of nitrogens with one attached hydrogen (secondary N) is 1. The molecule has 6 nitrogen and oxygen atoms in total. The summed E-state index contributed by atoms with van der Waals surface area (Å²) in [5, 5.41) is 22.8. The van der Waals surface area contributed by atoms with E-state index in [-0.39, 0.29) is 23.3 Å². The van der Waals surface area contributed by atoms with Gasteiger partial charge >= 0.3 is 6.18 Å². The highest BCUT2D eigenvalue weighted by molar-refractivity contribution is 6.04. The highest BCUT2D eigenvalue weighted by Gasteiger charge is 2.31. The van der Waals surface area contributed by atoms with E-state index in [9.17, 15) is 28.2 Å². The van der Waals surface area contributed by atoms with Crippen molar-refractivity contribution in [2.24, 2.45) is 0 Å². The predicted octanol–water partition coefficient (Wildman–Crippen LogP) is 4.49. The molecule has 0 saturated heterocycles. The van der Waals surface area contributed by atoms with Gasteiger partial charge in [-0.05, 0) is 56.0 Å². The second-order valence-electron chi connectivity index (χ2n) is 7.45. The number of carbonyl (C=O) groups excluding carboxylic acids is 1. The van der Waals surface area contributed by atoms with Crippen LogP contribution in [0, 0.1) is 0 Å². The number of aliphatic hydroxyl groups excluding tert-OH is 1. The van der Waals surface area contributed by atoms with Crippen LogP contribution in [0.25, 0.3) is 11.0 Å². The number of phenols is 1. The zero-order chi connectivity index (χ0) is 21.5. The zero-order valence-electron chi connectivity index (χ0n) is 15.9. The van der Waals surface area contributed by atoms with E-state index in [0.717, 1.165) is 12.1 Å². The molecule has 1 aliphatic rings. The molecule has 3 N–H and O–H groups in total. The van der Waals surface area contributed by atoms with Crippen LogP contribution in [-0.2, 0) is 6.18 Å². The van der Waals surface area contributed by atoms with Crippen molar-refractivity contribution in [1.82, 2.24) is 9.55 Å². The minimum atomic E-state index is -4.56. The molecule has 30 heavy (non-hydrogen) atoms. The molecule has 0 bridgehead atoms. The lowest BCUT2D eigenvalue weighted by Crippen LogP contribution is -2.24. The molecule has 3 aromatic rings. The molecule has 0 aliphatic heterocycles. The maximum atomic E-state index is 13.0. The first-order valence-corrected chi connectivity index (χ1v) is 9.60. The number of halogens is 3. The fourth-order valence-corrected chi connectivity index (χ4v) is 3.90. The van der Waals surface area contributed by atoms with Gasteiger partial charge < -0.3 is 14.8 Å². The van der Waals surface area contributed by atoms with Gasteiger partial charge in [0.15, 0.2) is 0 Å². The molecule has 4 rings (SSSR count). The minimum Gasteiger partial charge on any atom is -0.506 e.